The number of hydrogen-bond acceptors (Lipinski definition) is 2. The van der Waals surface area contributed by atoms with E-state index in [2.05, 4.69) is 41.1 Å². The van der Waals surface area contributed by atoms with Gasteiger partial charge in [0.15, 0.2) is 0 Å². The Bertz CT molecular complexity index is 613. The van der Waals surface area contributed by atoms with Crippen LogP contribution in [0.5, 0.6) is 0 Å². The van der Waals surface area contributed by atoms with Crippen molar-refractivity contribution < 1.29 is 0 Å². The van der Waals surface area contributed by atoms with E-state index in [0.717, 1.165) is 17.9 Å². The van der Waals surface area contributed by atoms with Gasteiger partial charge < -0.3 is 4.90 Å². The third kappa shape index (κ3) is 2.19. The molecule has 1 aliphatic heterocycles. The molecule has 1 aromatic carbocycles. The molecule has 19 heavy (non-hydrogen) atoms. The standard InChI is InChI=1S/C15H14Cl2N2/c1-10-8-11-4-2-3-5-14(11)19(10)15-7-6-12(17)13(9-16)18-15/h2-7,10H,8-9H2,1H3. The molecule has 2 heterocycles. The lowest BCUT2D eigenvalue weighted by atomic mass is 10.1. The highest BCUT2D eigenvalue weighted by molar-refractivity contribution is 6.32. The average Bonchev–Trinajstić information content (AvgIpc) is 2.75. The molecule has 0 spiro atoms. The van der Waals surface area contributed by atoms with Crippen molar-refractivity contribution in [2.45, 2.75) is 25.3 Å². The summed E-state index contributed by atoms with van der Waals surface area (Å²) in [4.78, 5) is 6.84. The second kappa shape index (κ2) is 5.03. The van der Waals surface area contributed by atoms with Crippen LogP contribution < -0.4 is 4.90 Å². The Morgan fingerprint density at radius 3 is 2.84 bits per heavy atom. The highest BCUT2D eigenvalue weighted by Gasteiger charge is 2.27. The van der Waals surface area contributed by atoms with Crippen molar-refractivity contribution in [1.82, 2.24) is 4.98 Å². The zero-order valence-corrected chi connectivity index (χ0v) is 12.1. The number of aromatic nitrogens is 1. The lowest BCUT2D eigenvalue weighted by molar-refractivity contribution is 0.749. The van der Waals surface area contributed by atoms with E-state index in [1.807, 2.05) is 12.1 Å². The van der Waals surface area contributed by atoms with Crippen LogP contribution >= 0.6 is 23.2 Å². The number of anilines is 2. The molecule has 1 aromatic heterocycles. The Kier molecular flexibility index (Phi) is 3.38. The van der Waals surface area contributed by atoms with Crippen LogP contribution in [-0.4, -0.2) is 11.0 Å². The van der Waals surface area contributed by atoms with Crippen LogP contribution in [0.25, 0.3) is 0 Å². The van der Waals surface area contributed by atoms with Gasteiger partial charge in [0, 0.05) is 11.7 Å². The maximum Gasteiger partial charge on any atom is 0.133 e. The quantitative estimate of drug-likeness (QED) is 0.755. The molecule has 0 amide bonds. The van der Waals surface area contributed by atoms with Gasteiger partial charge in [-0.3, -0.25) is 0 Å². The zero-order chi connectivity index (χ0) is 13.4. The van der Waals surface area contributed by atoms with Gasteiger partial charge >= 0.3 is 0 Å². The predicted molar refractivity (Wildman–Crippen MR) is 80.6 cm³/mol. The molecular weight excluding hydrogens is 279 g/mol. The summed E-state index contributed by atoms with van der Waals surface area (Å²) < 4.78 is 0. The van der Waals surface area contributed by atoms with Gasteiger partial charge in [-0.2, -0.15) is 0 Å². The summed E-state index contributed by atoms with van der Waals surface area (Å²) in [5, 5.41) is 0.624. The van der Waals surface area contributed by atoms with Gasteiger partial charge in [-0.25, -0.2) is 4.98 Å². The van der Waals surface area contributed by atoms with E-state index < -0.39 is 0 Å². The molecule has 0 aliphatic carbocycles. The van der Waals surface area contributed by atoms with Crippen LogP contribution in [0.4, 0.5) is 11.5 Å². The molecular formula is C15H14Cl2N2. The lowest BCUT2D eigenvalue weighted by Gasteiger charge is -2.24. The highest BCUT2D eigenvalue weighted by Crippen LogP contribution is 2.37. The van der Waals surface area contributed by atoms with Gasteiger partial charge in [0.2, 0.25) is 0 Å². The number of alkyl halides is 1. The molecule has 0 saturated carbocycles. The molecule has 0 N–H and O–H groups in total. The SMILES string of the molecule is CC1Cc2ccccc2N1c1ccc(Cl)c(CCl)n1. The Morgan fingerprint density at radius 1 is 1.26 bits per heavy atom. The number of pyridine rings is 1. The summed E-state index contributed by atoms with van der Waals surface area (Å²) in [7, 11) is 0. The van der Waals surface area contributed by atoms with E-state index in [1.54, 1.807) is 0 Å². The van der Waals surface area contributed by atoms with Gasteiger partial charge in [-0.1, -0.05) is 29.8 Å². The summed E-state index contributed by atoms with van der Waals surface area (Å²) >= 11 is 12.0. The molecule has 2 nitrogen and oxygen atoms in total. The molecule has 4 heteroatoms. The molecule has 1 aliphatic rings. The molecule has 0 saturated heterocycles. The molecule has 0 radical (unpaired) electrons. The first kappa shape index (κ1) is 12.8. The molecule has 0 fully saturated rings. The van der Waals surface area contributed by atoms with Gasteiger partial charge in [0.1, 0.15) is 5.82 Å². The third-order valence-electron chi connectivity index (χ3n) is 3.48. The van der Waals surface area contributed by atoms with Crippen molar-refractivity contribution >= 4 is 34.7 Å². The van der Waals surface area contributed by atoms with Gasteiger partial charge in [0.25, 0.3) is 0 Å². The minimum absolute atomic E-state index is 0.330. The van der Waals surface area contributed by atoms with Crippen molar-refractivity contribution in [3.8, 4) is 0 Å². The summed E-state index contributed by atoms with van der Waals surface area (Å²) in [6.45, 7) is 2.21. The largest absolute Gasteiger partial charge is 0.323 e. The molecule has 98 valence electrons. The van der Waals surface area contributed by atoms with E-state index >= 15 is 0 Å². The second-order valence-electron chi connectivity index (χ2n) is 4.78. The number of rotatable bonds is 2. The average molecular weight is 293 g/mol. The Morgan fingerprint density at radius 2 is 2.05 bits per heavy atom. The van der Waals surface area contributed by atoms with Crippen molar-refractivity contribution in [2.75, 3.05) is 4.90 Å². The molecule has 0 bridgehead atoms. The Labute approximate surface area is 123 Å². The second-order valence-corrected chi connectivity index (χ2v) is 5.46. The zero-order valence-electron chi connectivity index (χ0n) is 10.6. The smallest absolute Gasteiger partial charge is 0.133 e. The van der Waals surface area contributed by atoms with E-state index in [1.165, 1.54) is 11.3 Å². The number of hydrogen-bond donors (Lipinski definition) is 0. The van der Waals surface area contributed by atoms with E-state index in [4.69, 9.17) is 23.2 Å². The van der Waals surface area contributed by atoms with Crippen LogP contribution in [0.2, 0.25) is 5.02 Å². The molecule has 3 rings (SSSR count). The van der Waals surface area contributed by atoms with Crippen LogP contribution in [-0.2, 0) is 12.3 Å². The first-order valence-corrected chi connectivity index (χ1v) is 7.20. The van der Waals surface area contributed by atoms with Crippen molar-refractivity contribution in [3.05, 3.63) is 52.7 Å². The van der Waals surface area contributed by atoms with Crippen LogP contribution in [0, 0.1) is 0 Å². The number of nitrogens with zero attached hydrogens (tertiary/aromatic N) is 2. The van der Waals surface area contributed by atoms with Gasteiger partial charge in [-0.05, 0) is 37.1 Å². The Hall–Kier alpha value is -1.25. The normalized spacial score (nSPS) is 17.6. The number of para-hydroxylation sites is 1. The van der Waals surface area contributed by atoms with Crippen molar-refractivity contribution in [2.24, 2.45) is 0 Å². The number of halogens is 2. The maximum atomic E-state index is 6.07. The number of benzene rings is 1. The lowest BCUT2D eigenvalue weighted by Crippen LogP contribution is -2.25. The molecule has 1 atom stereocenters. The maximum absolute atomic E-state index is 6.07. The van der Waals surface area contributed by atoms with Crippen molar-refractivity contribution in [1.29, 1.82) is 0 Å². The fourth-order valence-electron chi connectivity index (χ4n) is 2.62. The fraction of sp³-hybridized carbons (Fsp3) is 0.267. The van der Waals surface area contributed by atoms with E-state index in [-0.39, 0.29) is 0 Å². The summed E-state index contributed by atoms with van der Waals surface area (Å²) in [6.07, 6.45) is 1.04. The summed E-state index contributed by atoms with van der Waals surface area (Å²) in [5.41, 5.74) is 3.32. The highest BCUT2D eigenvalue weighted by atomic mass is 35.5. The van der Waals surface area contributed by atoms with Crippen molar-refractivity contribution in [3.63, 3.8) is 0 Å². The van der Waals surface area contributed by atoms with Crippen LogP contribution in [0.1, 0.15) is 18.2 Å². The first-order chi connectivity index (χ1) is 9.20. The van der Waals surface area contributed by atoms with Gasteiger partial charge in [0.05, 0.1) is 16.6 Å². The third-order valence-corrected chi connectivity index (χ3v) is 4.08. The summed E-state index contributed by atoms with van der Waals surface area (Å²) in [5.74, 6) is 1.24. The van der Waals surface area contributed by atoms with E-state index in [9.17, 15) is 0 Å². The van der Waals surface area contributed by atoms with Crippen LogP contribution in [0.3, 0.4) is 0 Å². The molecule has 1 unspecified atom stereocenters. The number of fused-ring (bicyclic) bond motifs is 1. The summed E-state index contributed by atoms with van der Waals surface area (Å²) in [6, 6.07) is 12.7. The first-order valence-electron chi connectivity index (χ1n) is 6.29. The predicted octanol–water partition coefficient (Wildman–Crippen LogP) is 4.56. The fourth-order valence-corrected chi connectivity index (χ4v) is 3.06. The minimum Gasteiger partial charge on any atom is -0.323 e. The van der Waals surface area contributed by atoms with Gasteiger partial charge in [-0.15, -0.1) is 11.6 Å². The Balaban J connectivity index is 2.07. The monoisotopic (exact) mass is 292 g/mol. The molecule has 2 aromatic rings. The minimum atomic E-state index is 0.330. The van der Waals surface area contributed by atoms with Crippen LogP contribution in [0.15, 0.2) is 36.4 Å². The topological polar surface area (TPSA) is 16.1 Å². The van der Waals surface area contributed by atoms with E-state index in [0.29, 0.717) is 16.9 Å².